The van der Waals surface area contributed by atoms with Gasteiger partial charge in [0.15, 0.2) is 0 Å². The minimum Gasteiger partial charge on any atom is -0.457 e. The normalized spacial score (nSPS) is 14.2. The number of benzene rings is 4. The molecular formula is C34H35N3O4S. The molecule has 4 aromatic carbocycles. The molecule has 4 aromatic rings. The van der Waals surface area contributed by atoms with Crippen molar-refractivity contribution < 1.29 is 17.9 Å². The molecule has 0 aliphatic carbocycles. The average Bonchev–Trinajstić information content (AvgIpc) is 3.02. The zero-order valence-electron chi connectivity index (χ0n) is 23.7. The first-order valence-electron chi connectivity index (χ1n) is 14.0. The number of nitrogens with zero attached hydrogens (tertiary/aromatic N) is 3. The highest BCUT2D eigenvalue weighted by Crippen LogP contribution is 2.28. The summed E-state index contributed by atoms with van der Waals surface area (Å²) in [5.74, 6) is 1.02. The van der Waals surface area contributed by atoms with Crippen molar-refractivity contribution in [2.45, 2.75) is 11.8 Å². The fourth-order valence-electron chi connectivity index (χ4n) is 4.76. The predicted molar refractivity (Wildman–Crippen MR) is 167 cm³/mol. The molecule has 1 aliphatic heterocycles. The number of para-hydroxylation sites is 1. The molecule has 42 heavy (non-hydrogen) atoms. The molecule has 1 saturated heterocycles. The largest absolute Gasteiger partial charge is 0.457 e. The quantitative estimate of drug-likeness (QED) is 0.235. The summed E-state index contributed by atoms with van der Waals surface area (Å²) in [5, 5.41) is 0. The average molecular weight is 582 g/mol. The van der Waals surface area contributed by atoms with Crippen molar-refractivity contribution in [2.75, 3.05) is 43.6 Å². The molecular weight excluding hydrogens is 546 g/mol. The van der Waals surface area contributed by atoms with Crippen molar-refractivity contribution in [1.82, 2.24) is 9.80 Å². The van der Waals surface area contributed by atoms with Crippen LogP contribution < -0.4 is 9.04 Å². The first-order chi connectivity index (χ1) is 20.4. The van der Waals surface area contributed by atoms with Gasteiger partial charge in [-0.05, 0) is 61.0 Å². The van der Waals surface area contributed by atoms with Crippen LogP contribution in [0.1, 0.15) is 11.1 Å². The maximum Gasteiger partial charge on any atom is 0.264 e. The van der Waals surface area contributed by atoms with Gasteiger partial charge in [-0.1, -0.05) is 78.4 Å². The number of piperazine rings is 1. The summed E-state index contributed by atoms with van der Waals surface area (Å²) in [7, 11) is -4.00. The number of aryl methyl sites for hydroxylation is 1. The monoisotopic (exact) mass is 581 g/mol. The lowest BCUT2D eigenvalue weighted by Gasteiger charge is -2.35. The lowest BCUT2D eigenvalue weighted by atomic mass is 10.2. The summed E-state index contributed by atoms with van der Waals surface area (Å²) in [6, 6.07) is 33.0. The number of carbonyl (C=O) groups is 1. The number of hydrogen-bond donors (Lipinski definition) is 0. The molecule has 216 valence electrons. The van der Waals surface area contributed by atoms with E-state index in [0.29, 0.717) is 30.3 Å². The predicted octanol–water partition coefficient (Wildman–Crippen LogP) is 5.84. The van der Waals surface area contributed by atoms with E-state index in [1.807, 2.05) is 55.5 Å². The second-order valence-corrected chi connectivity index (χ2v) is 12.1. The number of amides is 1. The van der Waals surface area contributed by atoms with Gasteiger partial charge < -0.3 is 9.64 Å². The van der Waals surface area contributed by atoms with Gasteiger partial charge in [0.1, 0.15) is 18.0 Å². The lowest BCUT2D eigenvalue weighted by molar-refractivity contribution is -0.131. The van der Waals surface area contributed by atoms with E-state index in [2.05, 4.69) is 29.2 Å². The fraction of sp³-hybridized carbons (Fsp3) is 0.206. The number of carbonyl (C=O) groups excluding carboxylic acids is 1. The topological polar surface area (TPSA) is 70.2 Å². The number of rotatable bonds is 10. The van der Waals surface area contributed by atoms with E-state index in [1.54, 1.807) is 53.4 Å². The van der Waals surface area contributed by atoms with Crippen LogP contribution in [0.4, 0.5) is 5.69 Å². The smallest absolute Gasteiger partial charge is 0.264 e. The van der Waals surface area contributed by atoms with Gasteiger partial charge in [-0.15, -0.1) is 0 Å². The van der Waals surface area contributed by atoms with E-state index in [-0.39, 0.29) is 17.3 Å². The zero-order chi connectivity index (χ0) is 29.4. The van der Waals surface area contributed by atoms with Crippen LogP contribution in [0, 0.1) is 6.92 Å². The Hall–Kier alpha value is -4.40. The number of ether oxygens (including phenoxy) is 1. The van der Waals surface area contributed by atoms with Crippen LogP contribution >= 0.6 is 0 Å². The van der Waals surface area contributed by atoms with Crippen molar-refractivity contribution >= 4 is 27.7 Å². The third-order valence-corrected chi connectivity index (χ3v) is 8.98. The maximum atomic E-state index is 13.8. The molecule has 0 unspecified atom stereocenters. The first kappa shape index (κ1) is 29.1. The Morgan fingerprint density at radius 2 is 1.38 bits per heavy atom. The molecule has 0 saturated carbocycles. The van der Waals surface area contributed by atoms with Gasteiger partial charge in [-0.2, -0.15) is 0 Å². The molecule has 1 amide bonds. The Balaban J connectivity index is 1.28. The van der Waals surface area contributed by atoms with Crippen molar-refractivity contribution in [2.24, 2.45) is 0 Å². The van der Waals surface area contributed by atoms with Gasteiger partial charge in [-0.25, -0.2) is 8.42 Å². The Morgan fingerprint density at radius 3 is 2.02 bits per heavy atom. The SMILES string of the molecule is Cc1ccc(S(=O)(=O)N(CC(=O)N2CCN(C/C=C/c3ccccc3)CC2)c2ccc(Oc3ccccc3)cc2)cc1. The van der Waals surface area contributed by atoms with Crippen LogP contribution in [0.5, 0.6) is 11.5 Å². The summed E-state index contributed by atoms with van der Waals surface area (Å²) in [4.78, 5) is 17.7. The second-order valence-electron chi connectivity index (χ2n) is 10.2. The number of anilines is 1. The minimum atomic E-state index is -4.00. The molecule has 0 aromatic heterocycles. The fourth-order valence-corrected chi connectivity index (χ4v) is 6.18. The second kappa shape index (κ2) is 13.5. The van der Waals surface area contributed by atoms with Crippen molar-refractivity contribution in [3.8, 4) is 11.5 Å². The molecule has 0 bridgehead atoms. The molecule has 8 heteroatoms. The van der Waals surface area contributed by atoms with Crippen molar-refractivity contribution in [3.05, 3.63) is 126 Å². The van der Waals surface area contributed by atoms with E-state index in [1.165, 1.54) is 4.31 Å². The highest BCUT2D eigenvalue weighted by Gasteiger charge is 2.30. The summed E-state index contributed by atoms with van der Waals surface area (Å²) in [6.07, 6.45) is 4.23. The summed E-state index contributed by atoms with van der Waals surface area (Å²) in [5.41, 5.74) is 2.50. The van der Waals surface area contributed by atoms with Crippen LogP contribution in [-0.4, -0.2) is 63.4 Å². The van der Waals surface area contributed by atoms with Crippen molar-refractivity contribution in [1.29, 1.82) is 0 Å². The number of sulfonamides is 1. The third-order valence-electron chi connectivity index (χ3n) is 7.19. The van der Waals surface area contributed by atoms with Crippen LogP contribution in [0.3, 0.4) is 0 Å². The zero-order valence-corrected chi connectivity index (χ0v) is 24.5. The minimum absolute atomic E-state index is 0.139. The Bertz CT molecular complexity index is 1580. The molecule has 1 heterocycles. The molecule has 7 nitrogen and oxygen atoms in total. The van der Waals surface area contributed by atoms with Gasteiger partial charge in [0.25, 0.3) is 10.0 Å². The number of hydrogen-bond acceptors (Lipinski definition) is 5. The highest BCUT2D eigenvalue weighted by atomic mass is 32.2. The Kier molecular flexibility index (Phi) is 9.36. The lowest BCUT2D eigenvalue weighted by Crippen LogP contribution is -2.51. The Labute approximate surface area is 248 Å². The molecule has 5 rings (SSSR count). The summed E-state index contributed by atoms with van der Waals surface area (Å²) in [6.45, 7) is 4.94. The Morgan fingerprint density at radius 1 is 0.786 bits per heavy atom. The third kappa shape index (κ3) is 7.46. The van der Waals surface area contributed by atoms with Gasteiger partial charge in [0, 0.05) is 32.7 Å². The highest BCUT2D eigenvalue weighted by molar-refractivity contribution is 7.92. The van der Waals surface area contributed by atoms with Crippen LogP contribution in [-0.2, 0) is 14.8 Å². The van der Waals surface area contributed by atoms with Gasteiger partial charge in [0.2, 0.25) is 5.91 Å². The summed E-state index contributed by atoms with van der Waals surface area (Å²) < 4.78 is 34.7. The molecule has 0 N–H and O–H groups in total. The van der Waals surface area contributed by atoms with E-state index >= 15 is 0 Å². The molecule has 0 atom stereocenters. The molecule has 1 fully saturated rings. The molecule has 0 spiro atoms. The van der Waals surface area contributed by atoms with Crippen LogP contribution in [0.2, 0.25) is 0 Å². The van der Waals surface area contributed by atoms with E-state index in [9.17, 15) is 13.2 Å². The maximum absolute atomic E-state index is 13.8. The van der Waals surface area contributed by atoms with Crippen LogP contribution in [0.25, 0.3) is 6.08 Å². The molecule has 1 aliphatic rings. The van der Waals surface area contributed by atoms with E-state index in [4.69, 9.17) is 4.74 Å². The van der Waals surface area contributed by atoms with Crippen LogP contribution in [0.15, 0.2) is 120 Å². The standard InChI is InChI=1S/C34H35N3O4S/c1-28-14-20-33(21-15-28)42(39,40)37(30-16-18-32(19-17-30)41-31-12-6-3-7-13-31)27-34(38)36-25-23-35(24-26-36)22-8-11-29-9-4-2-5-10-29/h2-21H,22-27H2,1H3/b11-8+. The molecule has 0 radical (unpaired) electrons. The van der Waals surface area contributed by atoms with Gasteiger partial charge in [-0.3, -0.25) is 14.0 Å². The van der Waals surface area contributed by atoms with E-state index < -0.39 is 10.0 Å². The summed E-state index contributed by atoms with van der Waals surface area (Å²) >= 11 is 0. The van der Waals surface area contributed by atoms with Gasteiger partial charge in [0.05, 0.1) is 10.6 Å². The van der Waals surface area contributed by atoms with Crippen molar-refractivity contribution in [3.63, 3.8) is 0 Å². The van der Waals surface area contributed by atoms with E-state index in [0.717, 1.165) is 30.8 Å². The first-order valence-corrected chi connectivity index (χ1v) is 15.5. The van der Waals surface area contributed by atoms with Gasteiger partial charge >= 0.3 is 0 Å².